The smallest absolute Gasteiger partial charge is 0.354 e. The second-order valence-corrected chi connectivity index (χ2v) is 3.26. The zero-order valence-corrected chi connectivity index (χ0v) is 8.22. The molecule has 1 heterocycles. The molecule has 1 aromatic heterocycles. The van der Waals surface area contributed by atoms with Crippen LogP contribution in [0.4, 0.5) is 4.39 Å². The number of aromatic nitrogens is 2. The number of halogens is 1. The number of carboxylic acid groups (broad SMARTS) is 1. The van der Waals surface area contributed by atoms with Gasteiger partial charge in [-0.1, -0.05) is 12.1 Å². The quantitative estimate of drug-likeness (QED) is 0.852. The van der Waals surface area contributed by atoms with Gasteiger partial charge < -0.3 is 9.67 Å². The molecule has 0 fully saturated rings. The summed E-state index contributed by atoms with van der Waals surface area (Å²) in [4.78, 5) is 14.5. The Bertz CT molecular complexity index is 522. The van der Waals surface area contributed by atoms with Gasteiger partial charge in [0.05, 0.1) is 12.5 Å². The molecule has 5 heteroatoms. The molecule has 0 saturated heterocycles. The first kappa shape index (κ1) is 10.4. The lowest BCUT2D eigenvalue weighted by Gasteiger charge is -2.04. The fourth-order valence-electron chi connectivity index (χ4n) is 1.40. The number of nitrogens with zero attached hydrogens (tertiary/aromatic N) is 2. The van der Waals surface area contributed by atoms with Crippen LogP contribution in [0.25, 0.3) is 0 Å². The third-order valence-electron chi connectivity index (χ3n) is 2.12. The van der Waals surface area contributed by atoms with Crippen LogP contribution in [0.2, 0.25) is 0 Å². The van der Waals surface area contributed by atoms with Crippen molar-refractivity contribution in [3.63, 3.8) is 0 Å². The van der Waals surface area contributed by atoms with Gasteiger partial charge in [0.25, 0.3) is 0 Å². The maximum absolute atomic E-state index is 12.9. The van der Waals surface area contributed by atoms with E-state index in [9.17, 15) is 9.18 Å². The van der Waals surface area contributed by atoms with Crippen LogP contribution in [0.5, 0.6) is 0 Å². The van der Waals surface area contributed by atoms with E-state index in [0.717, 1.165) is 0 Å². The largest absolute Gasteiger partial charge is 0.477 e. The summed E-state index contributed by atoms with van der Waals surface area (Å²) in [7, 11) is 0. The highest BCUT2D eigenvalue weighted by molar-refractivity contribution is 5.85. The molecule has 1 N–H and O–H groups in total. The fourth-order valence-corrected chi connectivity index (χ4v) is 1.40. The molecule has 0 spiro atoms. The van der Waals surface area contributed by atoms with E-state index in [4.69, 9.17) is 5.11 Å². The van der Waals surface area contributed by atoms with E-state index in [1.807, 2.05) is 0 Å². The average Bonchev–Trinajstić information content (AvgIpc) is 2.66. The maximum atomic E-state index is 12.9. The van der Waals surface area contributed by atoms with Crippen molar-refractivity contribution < 1.29 is 14.3 Å². The molecular formula is C11H8FN2O2. The van der Waals surface area contributed by atoms with Gasteiger partial charge in [0, 0.05) is 12.6 Å². The van der Waals surface area contributed by atoms with Crippen molar-refractivity contribution >= 4 is 5.97 Å². The summed E-state index contributed by atoms with van der Waals surface area (Å²) in [5.74, 6) is -1.52. The van der Waals surface area contributed by atoms with E-state index in [1.165, 1.54) is 29.2 Å². The normalized spacial score (nSPS) is 10.3. The number of hydrogen-bond donors (Lipinski definition) is 1. The summed E-state index contributed by atoms with van der Waals surface area (Å²) in [6, 6.07) is 6.83. The second-order valence-electron chi connectivity index (χ2n) is 3.26. The highest BCUT2D eigenvalue weighted by atomic mass is 19.1. The van der Waals surface area contributed by atoms with Crippen molar-refractivity contribution in [2.24, 2.45) is 0 Å². The predicted molar refractivity (Wildman–Crippen MR) is 53.5 cm³/mol. The summed E-state index contributed by atoms with van der Waals surface area (Å²) >= 11 is 0. The SMILES string of the molecule is O=C(O)c1cncn1Cc1cc[c]c(F)c1. The van der Waals surface area contributed by atoms with Crippen molar-refractivity contribution in [3.05, 3.63) is 53.9 Å². The van der Waals surface area contributed by atoms with Crippen LogP contribution >= 0.6 is 0 Å². The molecule has 0 atom stereocenters. The van der Waals surface area contributed by atoms with E-state index in [0.29, 0.717) is 5.56 Å². The molecule has 1 aromatic carbocycles. The van der Waals surface area contributed by atoms with Gasteiger partial charge in [0.2, 0.25) is 0 Å². The van der Waals surface area contributed by atoms with E-state index in [1.54, 1.807) is 6.07 Å². The first-order valence-electron chi connectivity index (χ1n) is 4.56. The summed E-state index contributed by atoms with van der Waals surface area (Å²) in [6.07, 6.45) is 2.66. The van der Waals surface area contributed by atoms with E-state index in [2.05, 4.69) is 11.1 Å². The second kappa shape index (κ2) is 4.14. The summed E-state index contributed by atoms with van der Waals surface area (Å²) in [6.45, 7) is 0.271. The Labute approximate surface area is 91.0 Å². The lowest BCUT2D eigenvalue weighted by atomic mass is 10.2. The van der Waals surface area contributed by atoms with Crippen LogP contribution < -0.4 is 0 Å². The molecule has 1 radical (unpaired) electrons. The molecule has 2 aromatic rings. The Morgan fingerprint density at radius 2 is 2.44 bits per heavy atom. The minimum absolute atomic E-state index is 0.0771. The lowest BCUT2D eigenvalue weighted by Crippen LogP contribution is -2.08. The predicted octanol–water partition coefficient (Wildman–Crippen LogP) is 1.57. The van der Waals surface area contributed by atoms with Gasteiger partial charge in [-0.15, -0.1) is 0 Å². The molecule has 81 valence electrons. The lowest BCUT2D eigenvalue weighted by molar-refractivity contribution is 0.0685. The minimum Gasteiger partial charge on any atom is -0.477 e. The van der Waals surface area contributed by atoms with Crippen LogP contribution in [0.15, 0.2) is 30.7 Å². The Morgan fingerprint density at radius 1 is 1.62 bits per heavy atom. The van der Waals surface area contributed by atoms with Crippen LogP contribution in [0.1, 0.15) is 16.1 Å². The van der Waals surface area contributed by atoms with Crippen molar-refractivity contribution in [1.82, 2.24) is 9.55 Å². The molecule has 0 bridgehead atoms. The highest BCUT2D eigenvalue weighted by Gasteiger charge is 2.09. The zero-order chi connectivity index (χ0) is 11.5. The number of benzene rings is 1. The number of carboxylic acids is 1. The fraction of sp³-hybridized carbons (Fsp3) is 0.0909. The molecule has 0 aliphatic rings. The van der Waals surface area contributed by atoms with Gasteiger partial charge >= 0.3 is 5.97 Å². The molecular weight excluding hydrogens is 211 g/mol. The van der Waals surface area contributed by atoms with Gasteiger partial charge in [-0.2, -0.15) is 0 Å². The molecule has 0 unspecified atom stereocenters. The molecule has 4 nitrogen and oxygen atoms in total. The third kappa shape index (κ3) is 2.08. The Balaban J connectivity index is 2.27. The van der Waals surface area contributed by atoms with Gasteiger partial charge in [-0.3, -0.25) is 0 Å². The van der Waals surface area contributed by atoms with Crippen molar-refractivity contribution in [3.8, 4) is 0 Å². The van der Waals surface area contributed by atoms with E-state index in [-0.39, 0.29) is 12.2 Å². The van der Waals surface area contributed by atoms with Gasteiger partial charge in [-0.05, 0) is 11.6 Å². The first-order valence-corrected chi connectivity index (χ1v) is 4.56. The van der Waals surface area contributed by atoms with E-state index < -0.39 is 11.8 Å². The Hall–Kier alpha value is -2.17. The number of rotatable bonds is 3. The average molecular weight is 219 g/mol. The molecule has 0 aliphatic carbocycles. The molecule has 0 aliphatic heterocycles. The van der Waals surface area contributed by atoms with Gasteiger partial charge in [-0.25, -0.2) is 14.2 Å². The monoisotopic (exact) mass is 219 g/mol. The van der Waals surface area contributed by atoms with Crippen LogP contribution in [-0.4, -0.2) is 20.6 Å². The van der Waals surface area contributed by atoms with Gasteiger partial charge in [0.15, 0.2) is 0 Å². The summed E-state index contributed by atoms with van der Waals surface area (Å²) in [5.41, 5.74) is 0.741. The molecule has 2 rings (SSSR count). The third-order valence-corrected chi connectivity index (χ3v) is 2.12. The van der Waals surface area contributed by atoms with Crippen LogP contribution in [-0.2, 0) is 6.54 Å². The number of aromatic carboxylic acids is 1. The summed E-state index contributed by atoms with van der Waals surface area (Å²) in [5, 5.41) is 8.85. The number of carbonyl (C=O) groups is 1. The minimum atomic E-state index is -1.06. The van der Waals surface area contributed by atoms with Crippen LogP contribution in [0.3, 0.4) is 0 Å². The van der Waals surface area contributed by atoms with Crippen LogP contribution in [0, 0.1) is 11.9 Å². The Kier molecular flexibility index (Phi) is 2.68. The van der Waals surface area contributed by atoms with Crippen molar-refractivity contribution in [2.45, 2.75) is 6.54 Å². The van der Waals surface area contributed by atoms with Crippen molar-refractivity contribution in [1.29, 1.82) is 0 Å². The van der Waals surface area contributed by atoms with Gasteiger partial charge in [0.1, 0.15) is 11.5 Å². The zero-order valence-electron chi connectivity index (χ0n) is 8.22. The van der Waals surface area contributed by atoms with Crippen molar-refractivity contribution in [2.75, 3.05) is 0 Å². The Morgan fingerprint density at radius 3 is 3.12 bits per heavy atom. The molecule has 0 saturated carbocycles. The number of hydrogen-bond acceptors (Lipinski definition) is 2. The van der Waals surface area contributed by atoms with E-state index >= 15 is 0 Å². The summed E-state index contributed by atoms with van der Waals surface area (Å²) < 4.78 is 14.3. The standard InChI is InChI=1S/C11H8FN2O2/c12-9-3-1-2-8(4-9)6-14-7-13-5-10(14)11(15)16/h1-2,4-5,7H,6H2,(H,15,16). The molecule has 16 heavy (non-hydrogen) atoms. The maximum Gasteiger partial charge on any atom is 0.354 e. The topological polar surface area (TPSA) is 55.1 Å². The molecule has 0 amide bonds. The number of imidazole rings is 1. The first-order chi connectivity index (χ1) is 7.66. The highest BCUT2D eigenvalue weighted by Crippen LogP contribution is 2.07.